The van der Waals surface area contributed by atoms with Crippen molar-refractivity contribution in [3.63, 3.8) is 0 Å². The van der Waals surface area contributed by atoms with Crippen molar-refractivity contribution >= 4 is 11.6 Å². The number of nitrogens with zero attached hydrogens (tertiary/aromatic N) is 1. The van der Waals surface area contributed by atoms with Gasteiger partial charge in [0.25, 0.3) is 0 Å². The van der Waals surface area contributed by atoms with Crippen molar-refractivity contribution in [1.29, 1.82) is 0 Å². The van der Waals surface area contributed by atoms with Gasteiger partial charge in [-0.1, -0.05) is 32.0 Å². The summed E-state index contributed by atoms with van der Waals surface area (Å²) in [6, 6.07) is 6.12. The number of aryl methyl sites for hydroxylation is 2. The second-order valence-corrected chi connectivity index (χ2v) is 3.80. The first kappa shape index (κ1) is 12.7. The Bertz CT molecular complexity index is 374. The number of carbonyl (C=O) groups excluding carboxylic acids is 1. The molecule has 0 heterocycles. The molecule has 0 aliphatic heterocycles. The lowest BCUT2D eigenvalue weighted by molar-refractivity contribution is -0.117. The third kappa shape index (κ3) is 2.61. The van der Waals surface area contributed by atoms with Crippen molar-refractivity contribution < 1.29 is 4.79 Å². The summed E-state index contributed by atoms with van der Waals surface area (Å²) in [5, 5.41) is 1.65. The Hall–Kier alpha value is -1.35. The van der Waals surface area contributed by atoms with Gasteiger partial charge in [-0.15, -0.1) is 0 Å². The van der Waals surface area contributed by atoms with E-state index in [0.29, 0.717) is 0 Å². The van der Waals surface area contributed by atoms with Gasteiger partial charge in [0, 0.05) is 13.5 Å². The van der Waals surface area contributed by atoms with Crippen molar-refractivity contribution in [3.05, 3.63) is 29.3 Å². The summed E-state index contributed by atoms with van der Waals surface area (Å²) < 4.78 is 0. The fourth-order valence-corrected chi connectivity index (χ4v) is 1.83. The molecule has 0 spiro atoms. The summed E-state index contributed by atoms with van der Waals surface area (Å²) in [4.78, 5) is 11.6. The number of anilines is 1. The molecule has 3 nitrogen and oxygen atoms in total. The van der Waals surface area contributed by atoms with Gasteiger partial charge in [-0.3, -0.25) is 4.79 Å². The first-order valence-electron chi connectivity index (χ1n) is 5.74. The number of rotatable bonds is 4. The van der Waals surface area contributed by atoms with Crippen LogP contribution in [0.4, 0.5) is 5.69 Å². The minimum Gasteiger partial charge on any atom is -0.273 e. The van der Waals surface area contributed by atoms with Crippen LogP contribution in [0.1, 0.15) is 31.9 Å². The van der Waals surface area contributed by atoms with E-state index in [1.165, 1.54) is 5.56 Å². The Morgan fingerprint density at radius 2 is 2.06 bits per heavy atom. The van der Waals surface area contributed by atoms with Gasteiger partial charge in [0.05, 0.1) is 5.69 Å². The summed E-state index contributed by atoms with van der Waals surface area (Å²) in [6.07, 6.45) is 0.923. The van der Waals surface area contributed by atoms with Crippen LogP contribution in [0.15, 0.2) is 18.2 Å². The van der Waals surface area contributed by atoms with Gasteiger partial charge in [0.1, 0.15) is 0 Å². The zero-order valence-corrected chi connectivity index (χ0v) is 10.5. The lowest BCUT2D eigenvalue weighted by atomic mass is 10.1. The number of hydrogen-bond donors (Lipinski definition) is 1. The smallest absolute Gasteiger partial charge is 0.238 e. The monoisotopic (exact) mass is 220 g/mol. The first-order chi connectivity index (χ1) is 7.61. The second kappa shape index (κ2) is 5.66. The van der Waals surface area contributed by atoms with Crippen LogP contribution < -0.4 is 10.4 Å². The standard InChI is InChI=1S/C13H20N2O/c1-5-12-9-7-8-10(3)13(12)15(11(4)16)14-6-2/h7-9,14H,5-6H2,1-4H3. The Labute approximate surface area is 97.4 Å². The molecule has 0 radical (unpaired) electrons. The van der Waals surface area contributed by atoms with Crippen LogP contribution in [-0.2, 0) is 11.2 Å². The van der Waals surface area contributed by atoms with E-state index < -0.39 is 0 Å². The molecular weight excluding hydrogens is 200 g/mol. The van der Waals surface area contributed by atoms with E-state index in [0.717, 1.165) is 24.2 Å². The predicted molar refractivity (Wildman–Crippen MR) is 67.4 cm³/mol. The summed E-state index contributed by atoms with van der Waals surface area (Å²) in [5.41, 5.74) is 6.41. The minimum atomic E-state index is 0.0193. The van der Waals surface area contributed by atoms with E-state index >= 15 is 0 Å². The highest BCUT2D eigenvalue weighted by atomic mass is 16.2. The van der Waals surface area contributed by atoms with Gasteiger partial charge >= 0.3 is 0 Å². The van der Waals surface area contributed by atoms with E-state index in [1.54, 1.807) is 11.9 Å². The third-order valence-electron chi connectivity index (χ3n) is 2.56. The van der Waals surface area contributed by atoms with Crippen LogP contribution in [0.3, 0.4) is 0 Å². The maximum Gasteiger partial charge on any atom is 0.238 e. The Kier molecular flexibility index (Phi) is 4.50. The molecule has 16 heavy (non-hydrogen) atoms. The molecule has 0 aromatic heterocycles. The number of carbonyl (C=O) groups is 1. The number of nitrogens with one attached hydrogen (secondary N) is 1. The van der Waals surface area contributed by atoms with Gasteiger partial charge in [-0.25, -0.2) is 10.4 Å². The lowest BCUT2D eigenvalue weighted by Gasteiger charge is -2.25. The fourth-order valence-electron chi connectivity index (χ4n) is 1.83. The zero-order chi connectivity index (χ0) is 12.1. The molecule has 0 aliphatic carbocycles. The number of hydrazine groups is 1. The fraction of sp³-hybridized carbons (Fsp3) is 0.462. The Morgan fingerprint density at radius 1 is 1.38 bits per heavy atom. The average molecular weight is 220 g/mol. The molecule has 0 atom stereocenters. The largest absolute Gasteiger partial charge is 0.273 e. The van der Waals surface area contributed by atoms with Gasteiger partial charge in [0.15, 0.2) is 0 Å². The van der Waals surface area contributed by atoms with E-state index in [-0.39, 0.29) is 5.91 Å². The van der Waals surface area contributed by atoms with Gasteiger partial charge in [-0.2, -0.15) is 0 Å². The molecule has 0 fully saturated rings. The molecule has 1 rings (SSSR count). The summed E-state index contributed by atoms with van der Waals surface area (Å²) >= 11 is 0. The Balaban J connectivity index is 3.21. The number of amides is 1. The van der Waals surface area contributed by atoms with Gasteiger partial charge in [-0.05, 0) is 24.5 Å². The quantitative estimate of drug-likeness (QED) is 0.790. The molecule has 1 aromatic rings. The molecule has 0 bridgehead atoms. The maximum atomic E-state index is 11.6. The second-order valence-electron chi connectivity index (χ2n) is 3.80. The first-order valence-corrected chi connectivity index (χ1v) is 5.74. The molecule has 1 amide bonds. The lowest BCUT2D eigenvalue weighted by Crippen LogP contribution is -2.42. The third-order valence-corrected chi connectivity index (χ3v) is 2.56. The van der Waals surface area contributed by atoms with Crippen LogP contribution in [0.25, 0.3) is 0 Å². The topological polar surface area (TPSA) is 32.3 Å². The van der Waals surface area contributed by atoms with Crippen molar-refractivity contribution in [3.8, 4) is 0 Å². The molecule has 1 N–H and O–H groups in total. The van der Waals surface area contributed by atoms with Crippen molar-refractivity contribution in [2.75, 3.05) is 11.6 Å². The van der Waals surface area contributed by atoms with Crippen molar-refractivity contribution in [1.82, 2.24) is 5.43 Å². The molecule has 0 saturated heterocycles. The van der Waals surface area contributed by atoms with Crippen LogP contribution in [0.2, 0.25) is 0 Å². The van der Waals surface area contributed by atoms with Crippen molar-refractivity contribution in [2.24, 2.45) is 0 Å². The molecule has 88 valence electrons. The number of para-hydroxylation sites is 1. The van der Waals surface area contributed by atoms with Crippen LogP contribution >= 0.6 is 0 Å². The molecular formula is C13H20N2O. The molecule has 0 saturated carbocycles. The van der Waals surface area contributed by atoms with E-state index in [4.69, 9.17) is 0 Å². The SMILES string of the molecule is CCNN(C(C)=O)c1c(C)cccc1CC. The number of hydrogen-bond acceptors (Lipinski definition) is 2. The van der Waals surface area contributed by atoms with Gasteiger partial charge in [0.2, 0.25) is 5.91 Å². The van der Waals surface area contributed by atoms with Crippen LogP contribution in [0.5, 0.6) is 0 Å². The molecule has 1 aromatic carbocycles. The normalized spacial score (nSPS) is 10.2. The van der Waals surface area contributed by atoms with E-state index in [2.05, 4.69) is 18.4 Å². The summed E-state index contributed by atoms with van der Waals surface area (Å²) in [6.45, 7) is 8.43. The van der Waals surface area contributed by atoms with Crippen LogP contribution in [0, 0.1) is 6.92 Å². The Morgan fingerprint density at radius 3 is 2.56 bits per heavy atom. The highest BCUT2D eigenvalue weighted by Gasteiger charge is 2.15. The number of benzene rings is 1. The highest BCUT2D eigenvalue weighted by Crippen LogP contribution is 2.24. The molecule has 3 heteroatoms. The zero-order valence-electron chi connectivity index (χ0n) is 10.5. The summed E-state index contributed by atoms with van der Waals surface area (Å²) in [5.74, 6) is 0.0193. The predicted octanol–water partition coefficient (Wildman–Crippen LogP) is 2.43. The van der Waals surface area contributed by atoms with Crippen LogP contribution in [-0.4, -0.2) is 12.5 Å². The maximum absolute atomic E-state index is 11.6. The van der Waals surface area contributed by atoms with E-state index in [1.807, 2.05) is 26.0 Å². The average Bonchev–Trinajstić information content (AvgIpc) is 2.26. The van der Waals surface area contributed by atoms with E-state index in [9.17, 15) is 4.79 Å². The van der Waals surface area contributed by atoms with Gasteiger partial charge < -0.3 is 0 Å². The minimum absolute atomic E-state index is 0.0193. The highest BCUT2D eigenvalue weighted by molar-refractivity contribution is 5.92. The van der Waals surface area contributed by atoms with Crippen molar-refractivity contribution in [2.45, 2.75) is 34.1 Å². The molecule has 0 aliphatic rings. The molecule has 0 unspecified atom stereocenters. The summed E-state index contributed by atoms with van der Waals surface area (Å²) in [7, 11) is 0.